The molecule has 2 aliphatic carbocycles. The highest BCUT2D eigenvalue weighted by molar-refractivity contribution is 5.78. The third-order valence-electron chi connectivity index (χ3n) is 4.69. The first-order valence-corrected chi connectivity index (χ1v) is 7.81. The van der Waals surface area contributed by atoms with Gasteiger partial charge in [0.25, 0.3) is 0 Å². The number of rotatable bonds is 6. The molecule has 0 unspecified atom stereocenters. The average Bonchev–Trinajstić information content (AvgIpc) is 3.27. The Labute approximate surface area is 126 Å². The number of amides is 1. The first-order chi connectivity index (χ1) is 10.1. The lowest BCUT2D eigenvalue weighted by Crippen LogP contribution is -2.50. The fraction of sp³-hybridized carbons (Fsp3) is 0.588. The van der Waals surface area contributed by atoms with Crippen LogP contribution in [0.2, 0.25) is 0 Å². The van der Waals surface area contributed by atoms with Crippen LogP contribution in [-0.4, -0.2) is 29.5 Å². The van der Waals surface area contributed by atoms with Crippen molar-refractivity contribution >= 4 is 5.91 Å². The molecule has 1 aromatic carbocycles. The Hall–Kier alpha value is -1.55. The van der Waals surface area contributed by atoms with Crippen molar-refractivity contribution in [1.82, 2.24) is 4.90 Å². The van der Waals surface area contributed by atoms with Crippen LogP contribution in [0.3, 0.4) is 0 Å². The van der Waals surface area contributed by atoms with Gasteiger partial charge in [-0.05, 0) is 38.2 Å². The van der Waals surface area contributed by atoms with E-state index >= 15 is 0 Å². The molecule has 0 saturated heterocycles. The summed E-state index contributed by atoms with van der Waals surface area (Å²) in [4.78, 5) is 14.6. The van der Waals surface area contributed by atoms with E-state index in [1.807, 2.05) is 29.2 Å². The number of nitrogens with zero attached hydrogens (tertiary/aromatic N) is 1. The number of nitrogens with two attached hydrogens (primary N) is 1. The number of methoxy groups -OCH3 is 1. The second-order valence-electron chi connectivity index (χ2n) is 6.46. The summed E-state index contributed by atoms with van der Waals surface area (Å²) in [5.74, 6) is 1.05. The Morgan fingerprint density at radius 2 is 2.10 bits per heavy atom. The van der Waals surface area contributed by atoms with Gasteiger partial charge >= 0.3 is 0 Å². The first-order valence-electron chi connectivity index (χ1n) is 7.81. The van der Waals surface area contributed by atoms with E-state index in [-0.39, 0.29) is 11.4 Å². The van der Waals surface area contributed by atoms with Gasteiger partial charge in [-0.25, -0.2) is 0 Å². The molecule has 0 aliphatic heterocycles. The van der Waals surface area contributed by atoms with Gasteiger partial charge in [0.1, 0.15) is 5.75 Å². The summed E-state index contributed by atoms with van der Waals surface area (Å²) in [7, 11) is 1.67. The molecule has 0 atom stereocenters. The maximum Gasteiger partial charge on any atom is 0.224 e. The van der Waals surface area contributed by atoms with Crippen molar-refractivity contribution in [3.05, 3.63) is 29.8 Å². The summed E-state index contributed by atoms with van der Waals surface area (Å²) >= 11 is 0. The zero-order valence-corrected chi connectivity index (χ0v) is 12.7. The summed E-state index contributed by atoms with van der Waals surface area (Å²) in [5.41, 5.74) is 7.06. The van der Waals surface area contributed by atoms with Gasteiger partial charge in [-0.15, -0.1) is 0 Å². The van der Waals surface area contributed by atoms with Crippen LogP contribution in [0.25, 0.3) is 0 Å². The number of para-hydroxylation sites is 1. The molecule has 4 heteroatoms. The molecule has 0 bridgehead atoms. The molecule has 2 N–H and O–H groups in total. The van der Waals surface area contributed by atoms with Crippen LogP contribution < -0.4 is 10.5 Å². The molecular formula is C17H24N2O2. The predicted octanol–water partition coefficient (Wildman–Crippen LogP) is 2.46. The van der Waals surface area contributed by atoms with E-state index in [1.165, 1.54) is 0 Å². The normalized spacial score (nSPS) is 19.7. The minimum Gasteiger partial charge on any atom is -0.496 e. The maximum atomic E-state index is 12.6. The SMILES string of the molecule is COc1ccccc1CN(C(=O)CC1(N)CCC1)C1CC1. The summed E-state index contributed by atoms with van der Waals surface area (Å²) in [6.45, 7) is 0.629. The minimum absolute atomic E-state index is 0.200. The van der Waals surface area contributed by atoms with E-state index in [0.717, 1.165) is 43.4 Å². The van der Waals surface area contributed by atoms with Crippen molar-refractivity contribution in [2.24, 2.45) is 5.73 Å². The van der Waals surface area contributed by atoms with Gasteiger partial charge in [0.05, 0.1) is 7.11 Å². The summed E-state index contributed by atoms with van der Waals surface area (Å²) < 4.78 is 5.40. The fourth-order valence-corrected chi connectivity index (χ4v) is 3.03. The molecule has 4 nitrogen and oxygen atoms in total. The first kappa shape index (κ1) is 14.4. The van der Waals surface area contributed by atoms with Gasteiger partial charge in [0.2, 0.25) is 5.91 Å². The van der Waals surface area contributed by atoms with Crippen LogP contribution in [0.1, 0.15) is 44.1 Å². The van der Waals surface area contributed by atoms with Crippen LogP contribution in [0, 0.1) is 0 Å². The molecule has 1 aromatic rings. The summed E-state index contributed by atoms with van der Waals surface area (Å²) in [6, 6.07) is 8.31. The molecule has 114 valence electrons. The Morgan fingerprint density at radius 3 is 2.67 bits per heavy atom. The van der Waals surface area contributed by atoms with Crippen LogP contribution in [0.4, 0.5) is 0 Å². The highest BCUT2D eigenvalue weighted by Gasteiger charge is 2.39. The number of carbonyl (C=O) groups excluding carboxylic acids is 1. The van der Waals surface area contributed by atoms with E-state index in [9.17, 15) is 4.79 Å². The van der Waals surface area contributed by atoms with Crippen molar-refractivity contribution in [1.29, 1.82) is 0 Å². The van der Waals surface area contributed by atoms with E-state index in [2.05, 4.69) is 0 Å². The highest BCUT2D eigenvalue weighted by Crippen LogP contribution is 2.36. The Balaban J connectivity index is 1.71. The molecule has 0 radical (unpaired) electrons. The molecular weight excluding hydrogens is 264 g/mol. The molecule has 0 spiro atoms. The third-order valence-corrected chi connectivity index (χ3v) is 4.69. The predicted molar refractivity (Wildman–Crippen MR) is 82.0 cm³/mol. The lowest BCUT2D eigenvalue weighted by Gasteiger charge is -2.39. The number of ether oxygens (including phenoxy) is 1. The molecule has 2 saturated carbocycles. The lowest BCUT2D eigenvalue weighted by atomic mass is 9.75. The average molecular weight is 288 g/mol. The van der Waals surface area contributed by atoms with Gasteiger partial charge in [0, 0.05) is 30.1 Å². The number of hydrogen-bond acceptors (Lipinski definition) is 3. The zero-order valence-electron chi connectivity index (χ0n) is 12.7. The molecule has 1 amide bonds. The quantitative estimate of drug-likeness (QED) is 0.875. The van der Waals surface area contributed by atoms with E-state index in [0.29, 0.717) is 19.0 Å². The molecule has 2 fully saturated rings. The molecule has 2 aliphatic rings. The number of carbonyl (C=O) groups is 1. The number of benzene rings is 1. The topological polar surface area (TPSA) is 55.6 Å². The van der Waals surface area contributed by atoms with E-state index in [1.54, 1.807) is 7.11 Å². The lowest BCUT2D eigenvalue weighted by molar-refractivity contribution is -0.134. The monoisotopic (exact) mass is 288 g/mol. The van der Waals surface area contributed by atoms with E-state index < -0.39 is 0 Å². The van der Waals surface area contributed by atoms with Gasteiger partial charge in [-0.3, -0.25) is 4.79 Å². The molecule has 0 heterocycles. The van der Waals surface area contributed by atoms with Gasteiger partial charge < -0.3 is 15.4 Å². The Bertz CT molecular complexity index is 521. The Kier molecular flexibility index (Phi) is 3.89. The van der Waals surface area contributed by atoms with Crippen molar-refractivity contribution in [2.75, 3.05) is 7.11 Å². The third kappa shape index (κ3) is 3.21. The summed E-state index contributed by atoms with van der Waals surface area (Å²) in [5, 5.41) is 0. The minimum atomic E-state index is -0.245. The van der Waals surface area contributed by atoms with E-state index in [4.69, 9.17) is 10.5 Å². The van der Waals surface area contributed by atoms with Crippen LogP contribution >= 0.6 is 0 Å². The standard InChI is InChI=1S/C17H24N2O2/c1-21-15-6-3-2-5-13(15)12-19(14-7-8-14)16(20)11-17(18)9-4-10-17/h2-3,5-6,14H,4,7-12,18H2,1H3. The van der Waals surface area contributed by atoms with Crippen LogP contribution in [0.5, 0.6) is 5.75 Å². The van der Waals surface area contributed by atoms with Crippen LogP contribution in [-0.2, 0) is 11.3 Å². The van der Waals surface area contributed by atoms with Crippen molar-refractivity contribution in [3.8, 4) is 5.75 Å². The van der Waals surface area contributed by atoms with Crippen molar-refractivity contribution < 1.29 is 9.53 Å². The second kappa shape index (κ2) is 5.68. The zero-order chi connectivity index (χ0) is 14.9. The largest absolute Gasteiger partial charge is 0.496 e. The van der Waals surface area contributed by atoms with Crippen molar-refractivity contribution in [3.63, 3.8) is 0 Å². The summed E-state index contributed by atoms with van der Waals surface area (Å²) in [6.07, 6.45) is 5.81. The second-order valence-corrected chi connectivity index (χ2v) is 6.46. The molecule has 21 heavy (non-hydrogen) atoms. The number of hydrogen-bond donors (Lipinski definition) is 1. The Morgan fingerprint density at radius 1 is 1.38 bits per heavy atom. The van der Waals surface area contributed by atoms with Crippen molar-refractivity contribution in [2.45, 2.75) is 56.7 Å². The highest BCUT2D eigenvalue weighted by atomic mass is 16.5. The maximum absolute atomic E-state index is 12.6. The van der Waals surface area contributed by atoms with Gasteiger partial charge in [-0.1, -0.05) is 18.2 Å². The smallest absolute Gasteiger partial charge is 0.224 e. The van der Waals surface area contributed by atoms with Crippen LogP contribution in [0.15, 0.2) is 24.3 Å². The van der Waals surface area contributed by atoms with Gasteiger partial charge in [0.15, 0.2) is 0 Å². The fourth-order valence-electron chi connectivity index (χ4n) is 3.03. The van der Waals surface area contributed by atoms with Gasteiger partial charge in [-0.2, -0.15) is 0 Å². The molecule has 3 rings (SSSR count). The molecule has 0 aromatic heterocycles.